The lowest BCUT2D eigenvalue weighted by atomic mass is 9.96. The van der Waals surface area contributed by atoms with E-state index in [9.17, 15) is 0 Å². The molecule has 2 aliphatic heterocycles. The molecule has 3 nitrogen and oxygen atoms in total. The number of rotatable bonds is 1. The lowest BCUT2D eigenvalue weighted by Crippen LogP contribution is -2.39. The van der Waals surface area contributed by atoms with Crippen LogP contribution in [-0.4, -0.2) is 38.5 Å². The van der Waals surface area contributed by atoms with Crippen molar-refractivity contribution in [2.45, 2.75) is 24.5 Å². The van der Waals surface area contributed by atoms with Crippen molar-refractivity contribution in [1.82, 2.24) is 5.32 Å². The zero-order valence-corrected chi connectivity index (χ0v) is 8.15. The van der Waals surface area contributed by atoms with Crippen LogP contribution >= 0.6 is 12.4 Å². The van der Waals surface area contributed by atoms with Gasteiger partial charge in [-0.3, -0.25) is 0 Å². The van der Waals surface area contributed by atoms with Crippen LogP contribution in [0.25, 0.3) is 0 Å². The monoisotopic (exact) mass is 193 g/mol. The molecule has 0 saturated carbocycles. The molecule has 0 aromatic carbocycles. The zero-order valence-electron chi connectivity index (χ0n) is 7.34. The normalized spacial score (nSPS) is 40.2. The molecule has 0 amide bonds. The highest BCUT2D eigenvalue weighted by atomic mass is 35.5. The van der Waals surface area contributed by atoms with E-state index in [2.05, 4.69) is 5.32 Å². The van der Waals surface area contributed by atoms with Crippen molar-refractivity contribution in [1.29, 1.82) is 0 Å². The van der Waals surface area contributed by atoms with E-state index < -0.39 is 0 Å². The molecule has 0 aromatic rings. The first-order chi connectivity index (χ1) is 5.35. The first-order valence-corrected chi connectivity index (χ1v) is 4.20. The maximum absolute atomic E-state index is 5.36. The summed E-state index contributed by atoms with van der Waals surface area (Å²) in [5, 5.41) is 3.48. The summed E-state index contributed by atoms with van der Waals surface area (Å²) >= 11 is 0. The van der Waals surface area contributed by atoms with Crippen LogP contribution < -0.4 is 5.32 Å². The number of halogens is 1. The number of hydrogen-bond acceptors (Lipinski definition) is 3. The summed E-state index contributed by atoms with van der Waals surface area (Å²) < 4.78 is 10.6. The Morgan fingerprint density at radius 1 is 1.58 bits per heavy atom. The van der Waals surface area contributed by atoms with Gasteiger partial charge in [0.25, 0.3) is 0 Å². The molecule has 0 aliphatic carbocycles. The molecular weight excluding hydrogens is 178 g/mol. The van der Waals surface area contributed by atoms with Crippen molar-refractivity contribution in [2.24, 2.45) is 0 Å². The van der Waals surface area contributed by atoms with E-state index in [0.29, 0.717) is 6.10 Å². The molecule has 12 heavy (non-hydrogen) atoms. The Labute approximate surface area is 79.2 Å². The minimum atomic E-state index is 0. The Morgan fingerprint density at radius 2 is 2.42 bits per heavy atom. The summed E-state index contributed by atoms with van der Waals surface area (Å²) in [6.45, 7) is 2.76. The average Bonchev–Trinajstić information content (AvgIpc) is 2.62. The summed E-state index contributed by atoms with van der Waals surface area (Å²) in [6.07, 6.45) is 2.66. The maximum atomic E-state index is 5.36. The molecule has 72 valence electrons. The molecular formula is C8H16ClNO2. The fraction of sp³-hybridized carbons (Fsp3) is 1.00. The van der Waals surface area contributed by atoms with Crippen molar-refractivity contribution in [3.63, 3.8) is 0 Å². The van der Waals surface area contributed by atoms with E-state index in [4.69, 9.17) is 9.47 Å². The van der Waals surface area contributed by atoms with Gasteiger partial charge in [-0.2, -0.15) is 0 Å². The summed E-state index contributed by atoms with van der Waals surface area (Å²) in [5.74, 6) is 0. The van der Waals surface area contributed by atoms with Gasteiger partial charge in [0, 0.05) is 25.8 Å². The van der Waals surface area contributed by atoms with Crippen molar-refractivity contribution in [3.05, 3.63) is 0 Å². The molecule has 1 N–H and O–H groups in total. The molecule has 0 bridgehead atoms. The van der Waals surface area contributed by atoms with Crippen LogP contribution in [0.15, 0.2) is 0 Å². The molecule has 0 radical (unpaired) electrons. The van der Waals surface area contributed by atoms with Crippen LogP contribution in [0.3, 0.4) is 0 Å². The second kappa shape index (κ2) is 3.92. The second-order valence-corrected chi connectivity index (χ2v) is 3.53. The van der Waals surface area contributed by atoms with Crippen molar-refractivity contribution in [2.75, 3.05) is 26.9 Å². The van der Waals surface area contributed by atoms with Gasteiger partial charge in [-0.1, -0.05) is 0 Å². The van der Waals surface area contributed by atoms with Crippen LogP contribution in [0.4, 0.5) is 0 Å². The summed E-state index contributed by atoms with van der Waals surface area (Å²) in [4.78, 5) is 0. The van der Waals surface area contributed by atoms with Crippen LogP contribution in [0.5, 0.6) is 0 Å². The quantitative estimate of drug-likeness (QED) is 0.661. The Bertz CT molecular complexity index is 148. The van der Waals surface area contributed by atoms with Crippen LogP contribution in [0, 0.1) is 0 Å². The maximum Gasteiger partial charge on any atom is 0.0714 e. The Morgan fingerprint density at radius 3 is 2.92 bits per heavy atom. The Kier molecular flexibility index (Phi) is 3.35. The molecule has 2 rings (SSSR count). The molecule has 2 saturated heterocycles. The van der Waals surface area contributed by atoms with E-state index in [0.717, 1.165) is 32.6 Å². The third kappa shape index (κ3) is 1.74. The molecule has 2 aliphatic rings. The number of hydrogen-bond donors (Lipinski definition) is 1. The van der Waals surface area contributed by atoms with Crippen molar-refractivity contribution in [3.8, 4) is 0 Å². The smallest absolute Gasteiger partial charge is 0.0714 e. The highest BCUT2D eigenvalue weighted by Crippen LogP contribution is 2.29. The van der Waals surface area contributed by atoms with Gasteiger partial charge >= 0.3 is 0 Å². The fourth-order valence-corrected chi connectivity index (χ4v) is 1.98. The first-order valence-electron chi connectivity index (χ1n) is 4.20. The van der Waals surface area contributed by atoms with Gasteiger partial charge in [0.2, 0.25) is 0 Å². The standard InChI is InChI=1S/C8H15NO2.ClH/c1-10-7-4-8(9-5-7)2-3-11-6-8;/h7,9H,2-6H2,1H3;1H. The van der Waals surface area contributed by atoms with Gasteiger partial charge in [0.05, 0.1) is 12.7 Å². The second-order valence-electron chi connectivity index (χ2n) is 3.53. The number of nitrogens with one attached hydrogen (secondary N) is 1. The lowest BCUT2D eigenvalue weighted by molar-refractivity contribution is 0.108. The predicted molar refractivity (Wildman–Crippen MR) is 48.8 cm³/mol. The lowest BCUT2D eigenvalue weighted by Gasteiger charge is -2.20. The van der Waals surface area contributed by atoms with Crippen LogP contribution in [0.2, 0.25) is 0 Å². The molecule has 0 aromatic heterocycles. The minimum Gasteiger partial charge on any atom is -0.380 e. The summed E-state index contributed by atoms with van der Waals surface area (Å²) in [7, 11) is 1.78. The average molecular weight is 194 g/mol. The zero-order chi connectivity index (χ0) is 7.73. The van der Waals surface area contributed by atoms with Gasteiger partial charge in [-0.25, -0.2) is 0 Å². The van der Waals surface area contributed by atoms with E-state index in [1.54, 1.807) is 7.11 Å². The number of ether oxygens (including phenoxy) is 2. The SMILES string of the molecule is COC1CNC2(CCOC2)C1.Cl. The van der Waals surface area contributed by atoms with Crippen molar-refractivity contribution < 1.29 is 9.47 Å². The molecule has 2 heterocycles. The molecule has 2 fully saturated rings. The van der Waals surface area contributed by atoms with Gasteiger partial charge in [-0.05, 0) is 12.8 Å². The van der Waals surface area contributed by atoms with Gasteiger partial charge in [0.15, 0.2) is 0 Å². The highest BCUT2D eigenvalue weighted by molar-refractivity contribution is 5.85. The molecule has 1 spiro atoms. The van der Waals surface area contributed by atoms with E-state index in [1.165, 1.54) is 0 Å². The Balaban J connectivity index is 0.000000720. The van der Waals surface area contributed by atoms with Crippen LogP contribution in [-0.2, 0) is 9.47 Å². The summed E-state index contributed by atoms with van der Waals surface area (Å²) in [5.41, 5.74) is 0.265. The largest absolute Gasteiger partial charge is 0.380 e. The molecule has 2 atom stereocenters. The third-order valence-corrected chi connectivity index (χ3v) is 2.76. The van der Waals surface area contributed by atoms with Crippen LogP contribution in [0.1, 0.15) is 12.8 Å². The van der Waals surface area contributed by atoms with E-state index in [-0.39, 0.29) is 17.9 Å². The topological polar surface area (TPSA) is 30.5 Å². The molecule has 2 unspecified atom stereocenters. The van der Waals surface area contributed by atoms with Gasteiger partial charge in [-0.15, -0.1) is 12.4 Å². The van der Waals surface area contributed by atoms with E-state index in [1.807, 2.05) is 0 Å². The first kappa shape index (κ1) is 10.3. The van der Waals surface area contributed by atoms with Gasteiger partial charge < -0.3 is 14.8 Å². The minimum absolute atomic E-state index is 0. The highest BCUT2D eigenvalue weighted by Gasteiger charge is 2.41. The van der Waals surface area contributed by atoms with E-state index >= 15 is 0 Å². The number of methoxy groups -OCH3 is 1. The van der Waals surface area contributed by atoms with Gasteiger partial charge in [0.1, 0.15) is 0 Å². The Hall–Kier alpha value is 0.170. The fourth-order valence-electron chi connectivity index (χ4n) is 1.98. The third-order valence-electron chi connectivity index (χ3n) is 2.76. The predicted octanol–water partition coefficient (Wildman–Crippen LogP) is 0.576. The van der Waals surface area contributed by atoms with Crippen molar-refractivity contribution >= 4 is 12.4 Å². The molecule has 4 heteroatoms. The summed E-state index contributed by atoms with van der Waals surface area (Å²) in [6, 6.07) is 0.